The van der Waals surface area contributed by atoms with E-state index in [4.69, 9.17) is 9.47 Å². The monoisotopic (exact) mass is 402 g/mol. The zero-order valence-electron chi connectivity index (χ0n) is 16.0. The highest BCUT2D eigenvalue weighted by molar-refractivity contribution is 6.36. The van der Waals surface area contributed by atoms with Crippen molar-refractivity contribution in [2.24, 2.45) is 0 Å². The molecule has 30 heavy (non-hydrogen) atoms. The van der Waals surface area contributed by atoms with E-state index in [0.717, 1.165) is 13.0 Å². The Hall–Kier alpha value is -4.13. The molecule has 4 rings (SSSR count). The first-order valence-electron chi connectivity index (χ1n) is 8.94. The maximum absolute atomic E-state index is 13.3. The molecule has 0 N–H and O–H groups in total. The van der Waals surface area contributed by atoms with Crippen LogP contribution in [0.3, 0.4) is 0 Å². The summed E-state index contributed by atoms with van der Waals surface area (Å²) < 4.78 is 10.3. The first-order valence-corrected chi connectivity index (χ1v) is 8.94. The van der Waals surface area contributed by atoms with Gasteiger partial charge in [0.2, 0.25) is 5.78 Å². The number of rotatable bonds is 3. The summed E-state index contributed by atoms with van der Waals surface area (Å²) in [5.41, 5.74) is -0.523. The normalized spacial score (nSPS) is 15.5. The topological polar surface area (TPSA) is 104 Å². The molecule has 2 aliphatic rings. The Balaban J connectivity index is 1.98. The second kappa shape index (κ2) is 7.04. The highest BCUT2D eigenvalue weighted by atomic mass is 16.5. The molecule has 0 bridgehead atoms. The smallest absolute Gasteiger partial charge is 0.308 e. The summed E-state index contributed by atoms with van der Waals surface area (Å²) in [6, 6.07) is 10.5. The summed E-state index contributed by atoms with van der Waals surface area (Å²) >= 11 is 0. The van der Waals surface area contributed by atoms with E-state index in [9.17, 15) is 24.0 Å². The molecule has 0 fully saturated rings. The van der Waals surface area contributed by atoms with Crippen molar-refractivity contribution < 1.29 is 33.4 Å². The van der Waals surface area contributed by atoms with Crippen LogP contribution in [0, 0.1) is 0 Å². The van der Waals surface area contributed by atoms with Gasteiger partial charge in [0.25, 0.3) is 0 Å². The molecule has 0 heterocycles. The Morgan fingerprint density at radius 1 is 0.800 bits per heavy atom. The van der Waals surface area contributed by atoms with Gasteiger partial charge in [0.15, 0.2) is 23.1 Å². The summed E-state index contributed by atoms with van der Waals surface area (Å²) in [5.74, 6) is -3.88. The van der Waals surface area contributed by atoms with Crippen molar-refractivity contribution in [1.82, 2.24) is 0 Å². The number of ketones is 4. The molecule has 0 spiro atoms. The van der Waals surface area contributed by atoms with Gasteiger partial charge >= 0.3 is 5.97 Å². The molecule has 148 valence electrons. The van der Waals surface area contributed by atoms with Crippen molar-refractivity contribution in [1.29, 1.82) is 0 Å². The number of esters is 1. The van der Waals surface area contributed by atoms with Gasteiger partial charge in [0, 0.05) is 29.2 Å². The van der Waals surface area contributed by atoms with E-state index >= 15 is 0 Å². The van der Waals surface area contributed by atoms with Crippen molar-refractivity contribution in [3.8, 4) is 5.75 Å². The second-order valence-electron chi connectivity index (χ2n) is 6.64. The number of Topliss-reactive ketones (excluding diaryl/α,β-unsaturated/α-hetero) is 3. The molecule has 7 nitrogen and oxygen atoms in total. The minimum Gasteiger partial charge on any atom is -0.496 e. The molecule has 0 saturated carbocycles. The lowest BCUT2D eigenvalue weighted by Gasteiger charge is -2.24. The first-order chi connectivity index (χ1) is 14.3. The third kappa shape index (κ3) is 2.79. The van der Waals surface area contributed by atoms with Gasteiger partial charge in [-0.15, -0.1) is 0 Å². The molecule has 0 radical (unpaired) electrons. The summed E-state index contributed by atoms with van der Waals surface area (Å²) in [7, 11) is 1.35. The molecular weight excluding hydrogens is 388 g/mol. The molecule has 0 aliphatic heterocycles. The van der Waals surface area contributed by atoms with Gasteiger partial charge < -0.3 is 9.47 Å². The number of benzene rings is 2. The van der Waals surface area contributed by atoms with E-state index in [0.29, 0.717) is 0 Å². The van der Waals surface area contributed by atoms with Crippen LogP contribution in [0.2, 0.25) is 0 Å². The Morgan fingerprint density at radius 2 is 1.43 bits per heavy atom. The molecule has 0 aromatic heterocycles. The van der Waals surface area contributed by atoms with Crippen molar-refractivity contribution in [3.63, 3.8) is 0 Å². The van der Waals surface area contributed by atoms with E-state index in [1.807, 2.05) is 0 Å². The fourth-order valence-electron chi connectivity index (χ4n) is 3.57. The molecule has 2 aliphatic carbocycles. The maximum atomic E-state index is 13.3. The minimum absolute atomic E-state index is 0.0173. The SMILES string of the molecule is COc1cccc2c1C(=O)C(C1=C(OC(C)=O)C(=O)c3ccccc3C1=O)=CC2=O. The van der Waals surface area contributed by atoms with Crippen LogP contribution < -0.4 is 4.74 Å². The number of carbonyl (C=O) groups is 5. The molecule has 0 amide bonds. The summed E-state index contributed by atoms with van der Waals surface area (Å²) in [4.78, 5) is 63.8. The zero-order valence-corrected chi connectivity index (χ0v) is 16.0. The Morgan fingerprint density at radius 3 is 2.07 bits per heavy atom. The first kappa shape index (κ1) is 19.2. The van der Waals surface area contributed by atoms with Gasteiger partial charge in [-0.3, -0.25) is 24.0 Å². The van der Waals surface area contributed by atoms with Gasteiger partial charge in [0.05, 0.1) is 18.2 Å². The van der Waals surface area contributed by atoms with Crippen LogP contribution in [0.4, 0.5) is 0 Å². The summed E-state index contributed by atoms with van der Waals surface area (Å²) in [5, 5.41) is 0. The third-order valence-electron chi connectivity index (χ3n) is 4.85. The predicted octanol–water partition coefficient (Wildman–Crippen LogP) is 2.90. The standard InChI is InChI=1S/C23H14O7/c1-11(24)30-23-19(20(26)12-6-3-4-7-13(12)22(23)28)15-10-16(25)14-8-5-9-17(29-2)18(14)21(15)27/h3-10H,1-2H3. The summed E-state index contributed by atoms with van der Waals surface area (Å²) in [6.45, 7) is 1.07. The van der Waals surface area contributed by atoms with Gasteiger partial charge in [-0.2, -0.15) is 0 Å². The predicted molar refractivity (Wildman–Crippen MR) is 104 cm³/mol. The average Bonchev–Trinajstić information content (AvgIpc) is 2.74. The Bertz CT molecular complexity index is 1240. The molecule has 0 unspecified atom stereocenters. The van der Waals surface area contributed by atoms with E-state index in [1.165, 1.54) is 31.4 Å². The van der Waals surface area contributed by atoms with Crippen LogP contribution in [0.5, 0.6) is 5.75 Å². The Labute approximate surface area is 170 Å². The number of hydrogen-bond donors (Lipinski definition) is 0. The molecule has 0 saturated heterocycles. The van der Waals surface area contributed by atoms with Gasteiger partial charge in [-0.1, -0.05) is 36.4 Å². The quantitative estimate of drug-likeness (QED) is 0.727. The van der Waals surface area contributed by atoms with E-state index < -0.39 is 40.4 Å². The zero-order chi connectivity index (χ0) is 21.6. The van der Waals surface area contributed by atoms with Crippen molar-refractivity contribution >= 4 is 29.1 Å². The number of carbonyl (C=O) groups excluding carboxylic acids is 5. The summed E-state index contributed by atoms with van der Waals surface area (Å²) in [6.07, 6.45) is 0.988. The number of ether oxygens (including phenoxy) is 2. The average molecular weight is 402 g/mol. The number of fused-ring (bicyclic) bond motifs is 2. The molecule has 2 aromatic rings. The second-order valence-corrected chi connectivity index (χ2v) is 6.64. The van der Waals surface area contributed by atoms with Crippen LogP contribution in [-0.2, 0) is 9.53 Å². The van der Waals surface area contributed by atoms with Crippen molar-refractivity contribution in [2.75, 3.05) is 7.11 Å². The van der Waals surface area contributed by atoms with Crippen molar-refractivity contribution in [3.05, 3.63) is 87.7 Å². The minimum atomic E-state index is -0.837. The van der Waals surface area contributed by atoms with E-state index in [-0.39, 0.29) is 33.6 Å². The number of allylic oxidation sites excluding steroid dienone is 4. The number of methoxy groups -OCH3 is 1. The lowest BCUT2D eigenvalue weighted by Crippen LogP contribution is -2.29. The Kier molecular flexibility index (Phi) is 4.50. The fourth-order valence-corrected chi connectivity index (χ4v) is 3.57. The highest BCUT2D eigenvalue weighted by Crippen LogP contribution is 2.37. The van der Waals surface area contributed by atoms with Gasteiger partial charge in [-0.05, 0) is 12.1 Å². The van der Waals surface area contributed by atoms with Crippen LogP contribution >= 0.6 is 0 Å². The van der Waals surface area contributed by atoms with Gasteiger partial charge in [-0.25, -0.2) is 0 Å². The van der Waals surface area contributed by atoms with Gasteiger partial charge in [0.1, 0.15) is 5.75 Å². The van der Waals surface area contributed by atoms with Crippen LogP contribution in [0.1, 0.15) is 48.4 Å². The highest BCUT2D eigenvalue weighted by Gasteiger charge is 2.41. The lowest BCUT2D eigenvalue weighted by molar-refractivity contribution is -0.136. The maximum Gasteiger partial charge on any atom is 0.308 e. The van der Waals surface area contributed by atoms with Crippen LogP contribution in [-0.4, -0.2) is 36.2 Å². The van der Waals surface area contributed by atoms with Crippen LogP contribution in [0.15, 0.2) is 65.4 Å². The fraction of sp³-hybridized carbons (Fsp3) is 0.0870. The van der Waals surface area contributed by atoms with E-state index in [1.54, 1.807) is 18.2 Å². The molecule has 0 atom stereocenters. The van der Waals surface area contributed by atoms with Crippen LogP contribution in [0.25, 0.3) is 0 Å². The third-order valence-corrected chi connectivity index (χ3v) is 4.85. The number of hydrogen-bond acceptors (Lipinski definition) is 7. The largest absolute Gasteiger partial charge is 0.496 e. The van der Waals surface area contributed by atoms with E-state index in [2.05, 4.69) is 0 Å². The molecule has 7 heteroatoms. The lowest BCUT2D eigenvalue weighted by atomic mass is 9.79. The van der Waals surface area contributed by atoms with Crippen molar-refractivity contribution in [2.45, 2.75) is 6.92 Å². The molecule has 2 aromatic carbocycles. The molecular formula is C23H14O7.